The summed E-state index contributed by atoms with van der Waals surface area (Å²) < 4.78 is 0. The van der Waals surface area contributed by atoms with Crippen molar-refractivity contribution >= 4 is 5.69 Å². The number of rotatable bonds is 7. The van der Waals surface area contributed by atoms with Crippen molar-refractivity contribution in [1.82, 2.24) is 5.32 Å². The molecule has 1 unspecified atom stereocenters. The summed E-state index contributed by atoms with van der Waals surface area (Å²) in [6, 6.07) is 9.35. The largest absolute Gasteiger partial charge is 0.374 e. The van der Waals surface area contributed by atoms with Crippen LogP contribution in [0.1, 0.15) is 51.1 Å². The van der Waals surface area contributed by atoms with Crippen LogP contribution in [0.5, 0.6) is 0 Å². The van der Waals surface area contributed by atoms with E-state index in [4.69, 9.17) is 0 Å². The van der Waals surface area contributed by atoms with E-state index in [9.17, 15) is 0 Å². The Hall–Kier alpha value is -1.02. The van der Waals surface area contributed by atoms with Gasteiger partial charge in [-0.2, -0.15) is 0 Å². The second-order valence-corrected chi connectivity index (χ2v) is 5.75. The number of nitrogens with zero attached hydrogens (tertiary/aromatic N) is 1. The van der Waals surface area contributed by atoms with Crippen LogP contribution in [0.2, 0.25) is 0 Å². The lowest BCUT2D eigenvalue weighted by molar-refractivity contribution is 0.321. The summed E-state index contributed by atoms with van der Waals surface area (Å²) in [4.78, 5) is 2.46. The molecule has 0 spiro atoms. The molecule has 2 nitrogen and oxygen atoms in total. The molecule has 1 aromatic rings. The van der Waals surface area contributed by atoms with Crippen molar-refractivity contribution in [1.29, 1.82) is 0 Å². The van der Waals surface area contributed by atoms with Crippen LogP contribution in [0.4, 0.5) is 5.69 Å². The normalized spacial score (nSPS) is 17.0. The Kier molecular flexibility index (Phi) is 5.26. The van der Waals surface area contributed by atoms with Gasteiger partial charge in [-0.3, -0.25) is 0 Å². The van der Waals surface area contributed by atoms with E-state index in [0.29, 0.717) is 6.04 Å². The Morgan fingerprint density at radius 1 is 1.26 bits per heavy atom. The summed E-state index contributed by atoms with van der Waals surface area (Å²) in [6.45, 7) is 6.68. The van der Waals surface area contributed by atoms with Gasteiger partial charge >= 0.3 is 0 Å². The molecule has 1 aromatic carbocycles. The first kappa shape index (κ1) is 14.4. The lowest BCUT2D eigenvalue weighted by Gasteiger charge is -2.33. The van der Waals surface area contributed by atoms with Gasteiger partial charge in [0, 0.05) is 25.3 Å². The molecule has 0 saturated heterocycles. The molecule has 0 radical (unpaired) electrons. The molecule has 1 aliphatic rings. The second kappa shape index (κ2) is 6.95. The minimum atomic E-state index is 0.477. The number of hydrogen-bond donors (Lipinski definition) is 1. The van der Waals surface area contributed by atoms with Gasteiger partial charge in [0.2, 0.25) is 0 Å². The van der Waals surface area contributed by atoms with Crippen molar-refractivity contribution in [2.45, 2.75) is 45.6 Å². The van der Waals surface area contributed by atoms with Crippen LogP contribution in [-0.2, 0) is 0 Å². The smallest absolute Gasteiger partial charge is 0.0412 e. The topological polar surface area (TPSA) is 15.3 Å². The number of anilines is 1. The maximum absolute atomic E-state index is 3.60. The van der Waals surface area contributed by atoms with Gasteiger partial charge in [0.1, 0.15) is 0 Å². The van der Waals surface area contributed by atoms with Crippen LogP contribution >= 0.6 is 0 Å². The molecule has 0 amide bonds. The first-order valence-electron chi connectivity index (χ1n) is 7.79. The Bertz CT molecular complexity index is 385. The summed E-state index contributed by atoms with van der Waals surface area (Å²) in [7, 11) is 2.25. The lowest BCUT2D eigenvalue weighted by atomic mass is 9.85. The minimum absolute atomic E-state index is 0.477. The van der Waals surface area contributed by atoms with Crippen LogP contribution in [0.15, 0.2) is 24.3 Å². The molecule has 1 N–H and O–H groups in total. The first-order chi connectivity index (χ1) is 9.26. The summed E-state index contributed by atoms with van der Waals surface area (Å²) >= 11 is 0. The molecular weight excluding hydrogens is 232 g/mol. The van der Waals surface area contributed by atoms with Crippen molar-refractivity contribution in [3.63, 3.8) is 0 Å². The predicted molar refractivity (Wildman–Crippen MR) is 83.8 cm³/mol. The molecular formula is C17H28N2. The molecule has 0 aliphatic heterocycles. The highest BCUT2D eigenvalue weighted by atomic mass is 15.1. The van der Waals surface area contributed by atoms with Crippen molar-refractivity contribution in [3.05, 3.63) is 29.8 Å². The lowest BCUT2D eigenvalue weighted by Crippen LogP contribution is -2.31. The molecule has 0 bridgehead atoms. The standard InChI is InChI=1S/C17H28N2/c1-4-16(18-5-2)15-11-6-7-12-17(15)19(3)13-14-9-8-10-14/h6-7,11-12,14,16,18H,4-5,8-10,13H2,1-3H3. The van der Waals surface area contributed by atoms with E-state index >= 15 is 0 Å². The predicted octanol–water partition coefficient (Wildman–Crippen LogP) is 3.98. The molecule has 1 atom stereocenters. The van der Waals surface area contributed by atoms with E-state index in [1.54, 1.807) is 0 Å². The Labute approximate surface area is 118 Å². The van der Waals surface area contributed by atoms with Gasteiger partial charge in [-0.15, -0.1) is 0 Å². The summed E-state index contributed by atoms with van der Waals surface area (Å²) in [5, 5.41) is 3.60. The third-order valence-electron chi connectivity index (χ3n) is 4.34. The van der Waals surface area contributed by atoms with E-state index in [1.165, 1.54) is 37.1 Å². The number of hydrogen-bond acceptors (Lipinski definition) is 2. The van der Waals surface area contributed by atoms with Crippen molar-refractivity contribution < 1.29 is 0 Å². The minimum Gasteiger partial charge on any atom is -0.374 e. The van der Waals surface area contributed by atoms with Crippen molar-refractivity contribution in [2.24, 2.45) is 5.92 Å². The fourth-order valence-electron chi connectivity index (χ4n) is 3.01. The molecule has 2 heteroatoms. The molecule has 19 heavy (non-hydrogen) atoms. The molecule has 1 fully saturated rings. The highest BCUT2D eigenvalue weighted by Crippen LogP contribution is 2.32. The van der Waals surface area contributed by atoms with Crippen LogP contribution in [0.25, 0.3) is 0 Å². The Morgan fingerprint density at radius 2 is 2.00 bits per heavy atom. The molecule has 1 aliphatic carbocycles. The average Bonchev–Trinajstić information content (AvgIpc) is 2.40. The third kappa shape index (κ3) is 3.50. The van der Waals surface area contributed by atoms with E-state index in [2.05, 4.69) is 55.4 Å². The maximum Gasteiger partial charge on any atom is 0.0412 e. The van der Waals surface area contributed by atoms with E-state index in [1.807, 2.05) is 0 Å². The average molecular weight is 260 g/mol. The van der Waals surface area contributed by atoms with Gasteiger partial charge in [0.25, 0.3) is 0 Å². The zero-order valence-electron chi connectivity index (χ0n) is 12.7. The molecule has 1 saturated carbocycles. The van der Waals surface area contributed by atoms with Crippen molar-refractivity contribution in [2.75, 3.05) is 25.0 Å². The number of benzene rings is 1. The molecule has 2 rings (SSSR count). The van der Waals surface area contributed by atoms with Gasteiger partial charge in [-0.05, 0) is 43.4 Å². The monoisotopic (exact) mass is 260 g/mol. The third-order valence-corrected chi connectivity index (χ3v) is 4.34. The highest BCUT2D eigenvalue weighted by Gasteiger charge is 2.21. The van der Waals surface area contributed by atoms with Crippen LogP contribution in [0, 0.1) is 5.92 Å². The van der Waals surface area contributed by atoms with Gasteiger partial charge in [0.15, 0.2) is 0 Å². The highest BCUT2D eigenvalue weighted by molar-refractivity contribution is 5.54. The summed E-state index contributed by atoms with van der Waals surface area (Å²) in [6.07, 6.45) is 5.39. The fourth-order valence-corrected chi connectivity index (χ4v) is 3.01. The molecule has 106 valence electrons. The Balaban J connectivity index is 2.13. The van der Waals surface area contributed by atoms with Crippen LogP contribution in [0.3, 0.4) is 0 Å². The summed E-state index contributed by atoms with van der Waals surface area (Å²) in [5.74, 6) is 0.914. The van der Waals surface area contributed by atoms with E-state index < -0.39 is 0 Å². The zero-order valence-corrected chi connectivity index (χ0v) is 12.7. The van der Waals surface area contributed by atoms with Gasteiger partial charge in [-0.1, -0.05) is 38.5 Å². The number of para-hydroxylation sites is 1. The van der Waals surface area contributed by atoms with E-state index in [0.717, 1.165) is 18.9 Å². The molecule has 0 heterocycles. The Morgan fingerprint density at radius 3 is 2.58 bits per heavy atom. The maximum atomic E-state index is 3.60. The zero-order chi connectivity index (χ0) is 13.7. The summed E-state index contributed by atoms with van der Waals surface area (Å²) in [5.41, 5.74) is 2.86. The van der Waals surface area contributed by atoms with Crippen LogP contribution < -0.4 is 10.2 Å². The van der Waals surface area contributed by atoms with Crippen molar-refractivity contribution in [3.8, 4) is 0 Å². The fraction of sp³-hybridized carbons (Fsp3) is 0.647. The van der Waals surface area contributed by atoms with Crippen LogP contribution in [-0.4, -0.2) is 20.1 Å². The van der Waals surface area contributed by atoms with Gasteiger partial charge in [0.05, 0.1) is 0 Å². The van der Waals surface area contributed by atoms with E-state index in [-0.39, 0.29) is 0 Å². The van der Waals surface area contributed by atoms with Gasteiger partial charge < -0.3 is 10.2 Å². The molecule has 0 aromatic heterocycles. The number of nitrogens with one attached hydrogen (secondary N) is 1. The SMILES string of the molecule is CCNC(CC)c1ccccc1N(C)CC1CCC1. The quantitative estimate of drug-likeness (QED) is 0.797. The van der Waals surface area contributed by atoms with Gasteiger partial charge in [-0.25, -0.2) is 0 Å². The second-order valence-electron chi connectivity index (χ2n) is 5.75. The first-order valence-corrected chi connectivity index (χ1v) is 7.79.